The number of thioether (sulfide) groups is 1. The zero-order valence-electron chi connectivity index (χ0n) is 8.59. The Morgan fingerprint density at radius 2 is 2.40 bits per heavy atom. The van der Waals surface area contributed by atoms with E-state index in [1.54, 1.807) is 11.3 Å². The SMILES string of the molecule is CSCCCCNC(=O)c1csc(I)c1. The average molecular weight is 355 g/mol. The number of unbranched alkanes of at least 4 members (excludes halogenated alkanes) is 1. The Balaban J connectivity index is 2.19. The fraction of sp³-hybridized carbons (Fsp3) is 0.500. The molecule has 1 rings (SSSR count). The highest BCUT2D eigenvalue weighted by molar-refractivity contribution is 14.1. The molecule has 0 bridgehead atoms. The Morgan fingerprint density at radius 3 is 3.00 bits per heavy atom. The Bertz CT molecular complexity index is 314. The lowest BCUT2D eigenvalue weighted by atomic mass is 10.3. The summed E-state index contributed by atoms with van der Waals surface area (Å²) in [6.07, 6.45) is 4.34. The Labute approximate surface area is 112 Å². The van der Waals surface area contributed by atoms with Gasteiger partial charge in [-0.05, 0) is 53.5 Å². The minimum absolute atomic E-state index is 0.0540. The first-order valence-corrected chi connectivity index (χ1v) is 8.10. The number of hydrogen-bond acceptors (Lipinski definition) is 3. The second-order valence-corrected chi connectivity index (χ2v) is 6.89. The van der Waals surface area contributed by atoms with Crippen molar-refractivity contribution in [3.63, 3.8) is 0 Å². The van der Waals surface area contributed by atoms with Gasteiger partial charge in [-0.25, -0.2) is 0 Å². The summed E-state index contributed by atoms with van der Waals surface area (Å²) in [7, 11) is 0. The van der Waals surface area contributed by atoms with E-state index in [4.69, 9.17) is 0 Å². The smallest absolute Gasteiger partial charge is 0.252 e. The van der Waals surface area contributed by atoms with Gasteiger partial charge in [-0.3, -0.25) is 4.79 Å². The van der Waals surface area contributed by atoms with Crippen LogP contribution < -0.4 is 5.32 Å². The summed E-state index contributed by atoms with van der Waals surface area (Å²) >= 11 is 5.68. The number of amides is 1. The molecule has 0 radical (unpaired) electrons. The zero-order valence-corrected chi connectivity index (χ0v) is 12.4. The van der Waals surface area contributed by atoms with Gasteiger partial charge in [0.2, 0.25) is 0 Å². The minimum atomic E-state index is 0.0540. The second-order valence-electron chi connectivity index (χ2n) is 3.10. The molecule has 1 amide bonds. The van der Waals surface area contributed by atoms with Gasteiger partial charge >= 0.3 is 0 Å². The average Bonchev–Trinajstić information content (AvgIpc) is 2.64. The molecular formula is C10H14INOS2. The molecule has 2 nitrogen and oxygen atoms in total. The van der Waals surface area contributed by atoms with Crippen molar-refractivity contribution in [3.05, 3.63) is 19.9 Å². The molecule has 0 unspecified atom stereocenters. The predicted molar refractivity (Wildman–Crippen MR) is 77.0 cm³/mol. The first-order chi connectivity index (χ1) is 7.24. The van der Waals surface area contributed by atoms with Gasteiger partial charge in [0.05, 0.1) is 8.45 Å². The highest BCUT2D eigenvalue weighted by atomic mass is 127. The van der Waals surface area contributed by atoms with Gasteiger partial charge in [-0.15, -0.1) is 11.3 Å². The molecular weight excluding hydrogens is 341 g/mol. The summed E-state index contributed by atoms with van der Waals surface area (Å²) in [6, 6.07) is 1.92. The number of halogens is 1. The fourth-order valence-corrected chi connectivity index (χ4v) is 2.92. The van der Waals surface area contributed by atoms with E-state index in [0.29, 0.717) is 0 Å². The summed E-state index contributed by atoms with van der Waals surface area (Å²) in [5.41, 5.74) is 0.786. The van der Waals surface area contributed by atoms with Crippen molar-refractivity contribution in [2.75, 3.05) is 18.6 Å². The van der Waals surface area contributed by atoms with E-state index in [0.717, 1.165) is 21.4 Å². The number of carbonyl (C=O) groups is 1. The lowest BCUT2D eigenvalue weighted by molar-refractivity contribution is 0.0953. The molecule has 0 fully saturated rings. The second kappa shape index (κ2) is 7.51. The Hall–Kier alpha value is 0.250. The van der Waals surface area contributed by atoms with Crippen LogP contribution in [-0.4, -0.2) is 24.5 Å². The third kappa shape index (κ3) is 5.21. The summed E-state index contributed by atoms with van der Waals surface area (Å²) in [6.45, 7) is 0.784. The molecule has 84 valence electrons. The number of nitrogens with one attached hydrogen (secondary N) is 1. The maximum absolute atomic E-state index is 11.6. The molecule has 0 aliphatic heterocycles. The van der Waals surface area contributed by atoms with Crippen LogP contribution in [-0.2, 0) is 0 Å². The molecule has 1 N–H and O–H groups in total. The van der Waals surface area contributed by atoms with Crippen LogP contribution in [0.4, 0.5) is 0 Å². The fourth-order valence-electron chi connectivity index (χ4n) is 1.10. The lowest BCUT2D eigenvalue weighted by Crippen LogP contribution is -2.23. The van der Waals surface area contributed by atoms with Gasteiger partial charge in [-0.1, -0.05) is 0 Å². The molecule has 1 aromatic heterocycles. The first-order valence-electron chi connectivity index (χ1n) is 4.75. The molecule has 5 heteroatoms. The van der Waals surface area contributed by atoms with Crippen molar-refractivity contribution < 1.29 is 4.79 Å². The van der Waals surface area contributed by atoms with E-state index < -0.39 is 0 Å². The maximum atomic E-state index is 11.6. The van der Waals surface area contributed by atoms with E-state index in [-0.39, 0.29) is 5.91 Å². The van der Waals surface area contributed by atoms with Crippen LogP contribution in [0.3, 0.4) is 0 Å². The lowest BCUT2D eigenvalue weighted by Gasteiger charge is -2.02. The van der Waals surface area contributed by atoms with Crippen LogP contribution >= 0.6 is 45.7 Å². The molecule has 0 aliphatic rings. The third-order valence-electron chi connectivity index (χ3n) is 1.89. The normalized spacial score (nSPS) is 10.3. The molecule has 0 aromatic carbocycles. The monoisotopic (exact) mass is 355 g/mol. The summed E-state index contributed by atoms with van der Waals surface area (Å²) < 4.78 is 1.15. The molecule has 0 atom stereocenters. The minimum Gasteiger partial charge on any atom is -0.352 e. The van der Waals surface area contributed by atoms with Gasteiger partial charge in [0, 0.05) is 11.9 Å². The van der Waals surface area contributed by atoms with Gasteiger partial charge in [0.15, 0.2) is 0 Å². The quantitative estimate of drug-likeness (QED) is 0.627. The van der Waals surface area contributed by atoms with Crippen molar-refractivity contribution in [2.24, 2.45) is 0 Å². The molecule has 0 saturated heterocycles. The van der Waals surface area contributed by atoms with E-state index in [9.17, 15) is 4.79 Å². The van der Waals surface area contributed by atoms with E-state index >= 15 is 0 Å². The molecule has 0 aliphatic carbocycles. The van der Waals surface area contributed by atoms with Crippen LogP contribution in [0, 0.1) is 2.88 Å². The molecule has 0 saturated carbocycles. The zero-order chi connectivity index (χ0) is 11.1. The van der Waals surface area contributed by atoms with E-state index in [1.807, 2.05) is 23.2 Å². The van der Waals surface area contributed by atoms with Crippen LogP contribution in [0.1, 0.15) is 23.2 Å². The number of carbonyl (C=O) groups excluding carboxylic acids is 1. The number of thiophene rings is 1. The predicted octanol–water partition coefficient (Wildman–Crippen LogP) is 3.23. The summed E-state index contributed by atoms with van der Waals surface area (Å²) in [4.78, 5) is 11.6. The standard InChI is InChI=1S/C10H14INOS2/c1-14-5-3-2-4-12-10(13)8-6-9(11)15-7-8/h6-7H,2-5H2,1H3,(H,12,13). The largest absolute Gasteiger partial charge is 0.352 e. The summed E-state index contributed by atoms with van der Waals surface area (Å²) in [5, 5.41) is 4.83. The first kappa shape index (κ1) is 13.3. The van der Waals surface area contributed by atoms with Crippen LogP contribution in [0.25, 0.3) is 0 Å². The molecule has 1 heterocycles. The van der Waals surface area contributed by atoms with Gasteiger partial charge in [0.1, 0.15) is 0 Å². The Kier molecular flexibility index (Phi) is 6.67. The molecule has 0 spiro atoms. The van der Waals surface area contributed by atoms with Crippen LogP contribution in [0.5, 0.6) is 0 Å². The molecule has 1 aromatic rings. The van der Waals surface area contributed by atoms with Gasteiger partial charge in [0.25, 0.3) is 5.91 Å². The maximum Gasteiger partial charge on any atom is 0.252 e. The van der Waals surface area contributed by atoms with Crippen molar-refractivity contribution in [1.29, 1.82) is 0 Å². The highest BCUT2D eigenvalue weighted by Crippen LogP contribution is 2.16. The highest BCUT2D eigenvalue weighted by Gasteiger charge is 2.06. The molecule has 15 heavy (non-hydrogen) atoms. The topological polar surface area (TPSA) is 29.1 Å². The van der Waals surface area contributed by atoms with Crippen molar-refractivity contribution >= 4 is 51.6 Å². The Morgan fingerprint density at radius 1 is 1.60 bits per heavy atom. The van der Waals surface area contributed by atoms with E-state index in [1.165, 1.54) is 12.2 Å². The number of rotatable bonds is 6. The summed E-state index contributed by atoms with van der Waals surface area (Å²) in [5.74, 6) is 1.23. The van der Waals surface area contributed by atoms with E-state index in [2.05, 4.69) is 34.2 Å². The van der Waals surface area contributed by atoms with Crippen molar-refractivity contribution in [2.45, 2.75) is 12.8 Å². The van der Waals surface area contributed by atoms with Crippen molar-refractivity contribution in [3.8, 4) is 0 Å². The van der Waals surface area contributed by atoms with Crippen LogP contribution in [0.15, 0.2) is 11.4 Å². The van der Waals surface area contributed by atoms with Crippen molar-refractivity contribution in [1.82, 2.24) is 5.32 Å². The van der Waals surface area contributed by atoms with Gasteiger partial charge < -0.3 is 5.32 Å². The third-order valence-corrected chi connectivity index (χ3v) is 4.38. The van der Waals surface area contributed by atoms with Crippen LogP contribution in [0.2, 0.25) is 0 Å². The van der Waals surface area contributed by atoms with Gasteiger partial charge in [-0.2, -0.15) is 11.8 Å². The number of hydrogen-bond donors (Lipinski definition) is 1.